The summed E-state index contributed by atoms with van der Waals surface area (Å²) in [4.78, 5) is 4.92. The van der Waals surface area contributed by atoms with Gasteiger partial charge in [0.25, 0.3) is 0 Å². The fourth-order valence-corrected chi connectivity index (χ4v) is 5.38. The van der Waals surface area contributed by atoms with Crippen LogP contribution in [0, 0.1) is 11.8 Å². The summed E-state index contributed by atoms with van der Waals surface area (Å²) in [6.45, 7) is 1.69. The van der Waals surface area contributed by atoms with Crippen molar-refractivity contribution in [3.05, 3.63) is 64.6 Å². The second-order valence-corrected chi connectivity index (χ2v) is 8.58. The molecule has 2 aliphatic carbocycles. The number of hydrazine groups is 1. The van der Waals surface area contributed by atoms with Gasteiger partial charge >= 0.3 is 0 Å². The minimum Gasteiger partial charge on any atom is -0.508 e. The van der Waals surface area contributed by atoms with Crippen molar-refractivity contribution in [2.45, 2.75) is 31.9 Å². The van der Waals surface area contributed by atoms with E-state index >= 15 is 0 Å². The highest BCUT2D eigenvalue weighted by Crippen LogP contribution is 2.48. The first-order valence-corrected chi connectivity index (χ1v) is 10.6. The fraction of sp³-hybridized carbons (Fsp3) is 0.458. The van der Waals surface area contributed by atoms with Crippen LogP contribution in [0.2, 0.25) is 0 Å². The van der Waals surface area contributed by atoms with E-state index in [2.05, 4.69) is 29.3 Å². The number of methoxy groups -OCH3 is 2. The molecule has 1 fully saturated rings. The molecule has 158 valence electrons. The number of phenolic OH excluding ortho intramolecular Hbond substituents is 1. The van der Waals surface area contributed by atoms with Gasteiger partial charge in [0.05, 0.1) is 13.7 Å². The molecule has 0 amide bonds. The maximum absolute atomic E-state index is 9.59. The quantitative estimate of drug-likeness (QED) is 0.826. The van der Waals surface area contributed by atoms with Gasteiger partial charge in [0, 0.05) is 45.2 Å². The summed E-state index contributed by atoms with van der Waals surface area (Å²) in [5.74, 6) is 3.05. The van der Waals surface area contributed by atoms with E-state index in [4.69, 9.17) is 14.5 Å². The number of aromatic hydroxyl groups is 1. The van der Waals surface area contributed by atoms with E-state index in [1.807, 2.05) is 12.1 Å². The number of rotatable bonds is 4. The molecule has 1 aromatic carbocycles. The van der Waals surface area contributed by atoms with Crippen molar-refractivity contribution < 1.29 is 14.6 Å². The number of amidine groups is 1. The highest BCUT2D eigenvalue weighted by molar-refractivity contribution is 5.89. The topological polar surface area (TPSA) is 57.5 Å². The van der Waals surface area contributed by atoms with Crippen LogP contribution in [0.1, 0.15) is 24.8 Å². The van der Waals surface area contributed by atoms with Crippen LogP contribution in [0.5, 0.6) is 5.75 Å². The van der Waals surface area contributed by atoms with Crippen LogP contribution in [-0.4, -0.2) is 54.9 Å². The van der Waals surface area contributed by atoms with Gasteiger partial charge in [0.2, 0.25) is 0 Å². The summed E-state index contributed by atoms with van der Waals surface area (Å²) >= 11 is 0. The zero-order chi connectivity index (χ0) is 20.8. The molecular weight excluding hydrogens is 378 g/mol. The summed E-state index contributed by atoms with van der Waals surface area (Å²) < 4.78 is 11.4. The van der Waals surface area contributed by atoms with Gasteiger partial charge in [-0.1, -0.05) is 17.7 Å². The lowest BCUT2D eigenvalue weighted by atomic mass is 9.69. The molecule has 6 nitrogen and oxygen atoms in total. The Balaban J connectivity index is 1.46. The highest BCUT2D eigenvalue weighted by atomic mass is 16.5. The molecule has 0 saturated carbocycles. The van der Waals surface area contributed by atoms with E-state index in [1.165, 1.54) is 16.7 Å². The smallest absolute Gasteiger partial charge is 0.125 e. The van der Waals surface area contributed by atoms with Crippen molar-refractivity contribution in [2.75, 3.05) is 27.8 Å². The number of ether oxygens (including phenoxy) is 2. The number of aliphatic imine (C=N–C) groups is 1. The lowest BCUT2D eigenvalue weighted by Crippen LogP contribution is -2.38. The van der Waals surface area contributed by atoms with Crippen LogP contribution in [0.15, 0.2) is 64.0 Å². The number of allylic oxidation sites excluding steroid dienone is 3. The van der Waals surface area contributed by atoms with E-state index in [0.29, 0.717) is 17.6 Å². The standard InChI is InChI=1S/C24H29N3O3/c1-26-14-20-23-17(7-6-16-10-21(29-2)22(30-3)11-19(16)23)12-25-24(20)27(26)13-15-4-8-18(28)9-5-15/h4-5,8-9,11-12,20-21,23,28H,6-7,10,13-14H2,1-3H3. The predicted molar refractivity (Wildman–Crippen MR) is 116 cm³/mol. The van der Waals surface area contributed by atoms with Gasteiger partial charge in [-0.25, -0.2) is 10.0 Å². The number of benzene rings is 1. The van der Waals surface area contributed by atoms with E-state index in [9.17, 15) is 5.11 Å². The molecule has 0 bridgehead atoms. The van der Waals surface area contributed by atoms with Crippen molar-refractivity contribution in [1.82, 2.24) is 10.0 Å². The van der Waals surface area contributed by atoms with Crippen molar-refractivity contribution in [3.8, 4) is 5.75 Å². The van der Waals surface area contributed by atoms with Crippen molar-refractivity contribution in [2.24, 2.45) is 16.8 Å². The molecule has 4 aliphatic rings. The highest BCUT2D eigenvalue weighted by Gasteiger charge is 2.45. The van der Waals surface area contributed by atoms with E-state index in [0.717, 1.165) is 49.5 Å². The maximum atomic E-state index is 9.59. The van der Waals surface area contributed by atoms with Gasteiger partial charge < -0.3 is 14.6 Å². The minimum atomic E-state index is 0.0215. The van der Waals surface area contributed by atoms with Gasteiger partial charge in [0.15, 0.2) is 0 Å². The third-order valence-electron chi connectivity index (χ3n) is 6.93. The minimum absolute atomic E-state index is 0.0215. The number of nitrogens with zero attached hydrogens (tertiary/aromatic N) is 3. The number of phenols is 1. The van der Waals surface area contributed by atoms with E-state index in [-0.39, 0.29) is 6.10 Å². The third-order valence-corrected chi connectivity index (χ3v) is 6.93. The number of hydrogen-bond donors (Lipinski definition) is 1. The van der Waals surface area contributed by atoms with Gasteiger partial charge in [-0.05, 0) is 47.8 Å². The Labute approximate surface area is 177 Å². The Hall–Kier alpha value is -2.57. The second-order valence-electron chi connectivity index (χ2n) is 8.58. The van der Waals surface area contributed by atoms with Crippen LogP contribution in [0.25, 0.3) is 0 Å². The van der Waals surface area contributed by atoms with Crippen LogP contribution < -0.4 is 0 Å². The zero-order valence-electron chi connectivity index (χ0n) is 17.8. The lowest BCUT2D eigenvalue weighted by molar-refractivity contribution is 0.0751. The molecular formula is C24H29N3O3. The molecule has 1 saturated heterocycles. The molecule has 0 radical (unpaired) electrons. The van der Waals surface area contributed by atoms with Crippen LogP contribution in [0.3, 0.4) is 0 Å². The van der Waals surface area contributed by atoms with Crippen LogP contribution >= 0.6 is 0 Å². The Kier molecular flexibility index (Phi) is 4.91. The zero-order valence-corrected chi connectivity index (χ0v) is 17.8. The molecule has 1 N–H and O–H groups in total. The third kappa shape index (κ3) is 3.15. The first-order valence-electron chi connectivity index (χ1n) is 10.6. The molecule has 3 atom stereocenters. The Morgan fingerprint density at radius 3 is 2.70 bits per heavy atom. The monoisotopic (exact) mass is 407 g/mol. The summed E-state index contributed by atoms with van der Waals surface area (Å²) in [6, 6.07) is 7.43. The molecule has 0 aromatic heterocycles. The Bertz CT molecular complexity index is 960. The van der Waals surface area contributed by atoms with Crippen LogP contribution in [0.4, 0.5) is 0 Å². The average Bonchev–Trinajstić information content (AvgIpc) is 3.09. The largest absolute Gasteiger partial charge is 0.508 e. The van der Waals surface area contributed by atoms with Gasteiger partial charge in [-0.15, -0.1) is 0 Å². The van der Waals surface area contributed by atoms with Crippen LogP contribution in [-0.2, 0) is 16.0 Å². The van der Waals surface area contributed by atoms with Gasteiger partial charge in [-0.2, -0.15) is 0 Å². The molecule has 0 spiro atoms. The molecule has 30 heavy (non-hydrogen) atoms. The number of hydrogen-bond acceptors (Lipinski definition) is 6. The molecule has 1 aromatic rings. The van der Waals surface area contributed by atoms with E-state index in [1.54, 1.807) is 26.4 Å². The Morgan fingerprint density at radius 2 is 1.97 bits per heavy atom. The number of fused-ring (bicyclic) bond motifs is 4. The summed E-state index contributed by atoms with van der Waals surface area (Å²) in [6.07, 6.45) is 7.43. The van der Waals surface area contributed by atoms with Gasteiger partial charge in [0.1, 0.15) is 23.4 Å². The summed E-state index contributed by atoms with van der Waals surface area (Å²) in [7, 11) is 5.63. The van der Waals surface area contributed by atoms with Gasteiger partial charge in [-0.3, -0.25) is 5.01 Å². The first kappa shape index (κ1) is 19.4. The normalized spacial score (nSPS) is 28.3. The average molecular weight is 408 g/mol. The van der Waals surface area contributed by atoms with Crippen molar-refractivity contribution in [1.29, 1.82) is 0 Å². The van der Waals surface area contributed by atoms with Crippen molar-refractivity contribution in [3.63, 3.8) is 0 Å². The molecule has 2 heterocycles. The fourth-order valence-electron chi connectivity index (χ4n) is 5.38. The lowest BCUT2D eigenvalue weighted by Gasteiger charge is -2.39. The second kappa shape index (κ2) is 7.60. The first-order chi connectivity index (χ1) is 14.6. The molecule has 5 rings (SSSR count). The summed E-state index contributed by atoms with van der Waals surface area (Å²) in [5.41, 5.74) is 5.51. The van der Waals surface area contributed by atoms with Crippen molar-refractivity contribution >= 4 is 5.84 Å². The Morgan fingerprint density at radius 1 is 1.17 bits per heavy atom. The maximum Gasteiger partial charge on any atom is 0.125 e. The molecule has 6 heteroatoms. The predicted octanol–water partition coefficient (Wildman–Crippen LogP) is 3.62. The summed E-state index contributed by atoms with van der Waals surface area (Å²) in [5, 5.41) is 14.1. The SMILES string of the molecule is COC1=CC2=C(CCC3=CN=C4C(CN(C)N4Cc4ccc(O)cc4)C32)CC1OC. The molecule has 2 aliphatic heterocycles. The molecule has 3 unspecified atom stereocenters. The van der Waals surface area contributed by atoms with E-state index < -0.39 is 0 Å².